The molecule has 38 heavy (non-hydrogen) atoms. The predicted octanol–water partition coefficient (Wildman–Crippen LogP) is 5.28. The molecule has 3 heterocycles. The molecule has 1 saturated heterocycles. The fourth-order valence-electron chi connectivity index (χ4n) is 4.11. The van der Waals surface area contributed by atoms with Crippen molar-refractivity contribution in [1.82, 2.24) is 15.5 Å². The zero-order valence-electron chi connectivity index (χ0n) is 22.6. The molecule has 1 atom stereocenters. The number of rotatable bonds is 8. The first kappa shape index (κ1) is 27.1. The van der Waals surface area contributed by atoms with Gasteiger partial charge in [-0.2, -0.15) is 0 Å². The minimum atomic E-state index is -0.453. The Morgan fingerprint density at radius 3 is 2.32 bits per heavy atom. The second-order valence-corrected chi connectivity index (χ2v) is 11.3. The van der Waals surface area contributed by atoms with E-state index < -0.39 is 6.03 Å². The molecule has 4 rings (SSSR count). The zero-order chi connectivity index (χ0) is 27.3. The van der Waals surface area contributed by atoms with Crippen LogP contribution in [0, 0.1) is 11.3 Å². The van der Waals surface area contributed by atoms with Gasteiger partial charge in [-0.05, 0) is 61.8 Å². The average molecular weight is 521 g/mol. The number of nitrogens with zero attached hydrogens (tertiary/aromatic N) is 2. The molecule has 1 aliphatic heterocycles. The van der Waals surface area contributed by atoms with E-state index in [-0.39, 0.29) is 22.4 Å². The molecule has 10 nitrogen and oxygen atoms in total. The first-order valence-electron chi connectivity index (χ1n) is 12.8. The lowest BCUT2D eigenvalue weighted by molar-refractivity contribution is 0.102. The van der Waals surface area contributed by atoms with Gasteiger partial charge in [0.15, 0.2) is 5.82 Å². The Kier molecular flexibility index (Phi) is 8.01. The van der Waals surface area contributed by atoms with Crippen LogP contribution < -0.4 is 26.0 Å². The van der Waals surface area contributed by atoms with Gasteiger partial charge in [0.1, 0.15) is 17.2 Å². The quantitative estimate of drug-likeness (QED) is 0.318. The summed E-state index contributed by atoms with van der Waals surface area (Å²) in [7, 11) is 0. The summed E-state index contributed by atoms with van der Waals surface area (Å²) in [4.78, 5) is 29.2. The summed E-state index contributed by atoms with van der Waals surface area (Å²) in [5.74, 6) is 1.87. The van der Waals surface area contributed by atoms with Gasteiger partial charge in [-0.25, -0.2) is 9.78 Å². The summed E-state index contributed by atoms with van der Waals surface area (Å²) >= 11 is 0. The summed E-state index contributed by atoms with van der Waals surface area (Å²) in [5, 5.41) is 15.4. The van der Waals surface area contributed by atoms with Crippen LogP contribution >= 0.6 is 0 Å². The average Bonchev–Trinajstić information content (AvgIpc) is 3.57. The number of benzene rings is 1. The second kappa shape index (κ2) is 11.2. The van der Waals surface area contributed by atoms with Gasteiger partial charge in [-0.15, -0.1) is 0 Å². The van der Waals surface area contributed by atoms with Crippen molar-refractivity contribution in [2.45, 2.75) is 46.5 Å². The van der Waals surface area contributed by atoms with Crippen molar-refractivity contribution in [3.05, 3.63) is 60.1 Å². The largest absolute Gasteiger partial charge is 0.491 e. The second-order valence-electron chi connectivity index (χ2n) is 11.3. The van der Waals surface area contributed by atoms with Crippen LogP contribution in [0.25, 0.3) is 0 Å². The zero-order valence-corrected chi connectivity index (χ0v) is 22.6. The van der Waals surface area contributed by atoms with Crippen LogP contribution in [-0.4, -0.2) is 41.8 Å². The fourth-order valence-corrected chi connectivity index (χ4v) is 4.11. The molecule has 0 radical (unpaired) electrons. The summed E-state index contributed by atoms with van der Waals surface area (Å²) in [5.41, 5.74) is 1.24. The molecule has 3 aromatic rings. The van der Waals surface area contributed by atoms with Crippen molar-refractivity contribution < 1.29 is 18.8 Å². The summed E-state index contributed by atoms with van der Waals surface area (Å²) in [6.45, 7) is 13.1. The van der Waals surface area contributed by atoms with Gasteiger partial charge < -0.3 is 25.2 Å². The summed E-state index contributed by atoms with van der Waals surface area (Å²) in [6.07, 6.45) is 2.72. The van der Waals surface area contributed by atoms with Crippen molar-refractivity contribution >= 4 is 29.1 Å². The highest BCUT2D eigenvalue weighted by Crippen LogP contribution is 2.32. The number of hydrogen-bond acceptors (Lipinski definition) is 7. The van der Waals surface area contributed by atoms with Gasteiger partial charge in [0.25, 0.3) is 5.91 Å². The van der Waals surface area contributed by atoms with Crippen molar-refractivity contribution in [2.24, 2.45) is 11.3 Å². The molecule has 0 bridgehead atoms. The van der Waals surface area contributed by atoms with Crippen molar-refractivity contribution in [2.75, 3.05) is 35.6 Å². The third-order valence-corrected chi connectivity index (χ3v) is 6.64. The molecule has 4 N–H and O–H groups in total. The number of carbonyl (C=O) groups excluding carboxylic acids is 2. The van der Waals surface area contributed by atoms with Crippen LogP contribution in [0.5, 0.6) is 5.75 Å². The van der Waals surface area contributed by atoms with Gasteiger partial charge >= 0.3 is 6.03 Å². The van der Waals surface area contributed by atoms with E-state index in [9.17, 15) is 9.59 Å². The van der Waals surface area contributed by atoms with Crippen molar-refractivity contribution in [3.8, 4) is 5.75 Å². The summed E-state index contributed by atoms with van der Waals surface area (Å²) in [6, 6.07) is 11.4. The highest BCUT2D eigenvalue weighted by atomic mass is 16.5. The molecular weight excluding hydrogens is 484 g/mol. The number of amides is 3. The Hall–Kier alpha value is -3.92. The Balaban J connectivity index is 1.25. The number of anilines is 3. The molecule has 0 aliphatic carbocycles. The van der Waals surface area contributed by atoms with E-state index >= 15 is 0 Å². The van der Waals surface area contributed by atoms with Crippen LogP contribution in [0.3, 0.4) is 0 Å². The molecule has 1 aromatic carbocycles. The minimum absolute atomic E-state index is 0.0488. The molecular formula is C28H36N6O4. The predicted molar refractivity (Wildman–Crippen MR) is 147 cm³/mol. The lowest BCUT2D eigenvalue weighted by Gasteiger charge is -2.30. The molecule has 0 saturated carbocycles. The molecule has 0 unspecified atom stereocenters. The Labute approximate surface area is 222 Å². The van der Waals surface area contributed by atoms with Crippen molar-refractivity contribution in [1.29, 1.82) is 0 Å². The molecule has 0 spiro atoms. The Morgan fingerprint density at radius 2 is 1.74 bits per heavy atom. The molecule has 2 aromatic heterocycles. The fraction of sp³-hybridized carbons (Fsp3) is 0.429. The maximum absolute atomic E-state index is 12.6. The standard InChI is InChI=1S/C28H36N6O4/c1-27(2,3)23-14-24(34-38-23)33-26(36)32-20-8-6-19(7-9-20)31-25(35)22-11-10-21(16-30-22)37-17-28(4,5)18-12-13-29-15-18/h6-11,14,16,18,29H,12-13,15,17H2,1-5H3,(H,31,35)(H2,32,33,34,36)/t18-/m0/s1. The Bertz CT molecular complexity index is 1240. The number of hydrogen-bond donors (Lipinski definition) is 4. The van der Waals surface area contributed by atoms with Crippen LogP contribution in [-0.2, 0) is 5.41 Å². The number of ether oxygens (including phenoxy) is 1. The first-order chi connectivity index (χ1) is 18.0. The van der Waals surface area contributed by atoms with Crippen molar-refractivity contribution in [3.63, 3.8) is 0 Å². The third kappa shape index (κ3) is 7.10. The number of aromatic nitrogens is 2. The van der Waals surface area contributed by atoms with Crippen LogP contribution in [0.4, 0.5) is 22.0 Å². The van der Waals surface area contributed by atoms with E-state index in [1.54, 1.807) is 48.7 Å². The highest BCUT2D eigenvalue weighted by Gasteiger charge is 2.32. The van der Waals surface area contributed by atoms with E-state index in [0.29, 0.717) is 41.2 Å². The van der Waals surface area contributed by atoms with Gasteiger partial charge in [0.2, 0.25) is 0 Å². The lowest BCUT2D eigenvalue weighted by atomic mass is 9.79. The first-order valence-corrected chi connectivity index (χ1v) is 12.8. The van der Waals surface area contributed by atoms with Gasteiger partial charge in [0.05, 0.1) is 12.8 Å². The normalized spacial score (nSPS) is 15.7. The van der Waals surface area contributed by atoms with E-state index in [1.807, 2.05) is 20.8 Å². The number of pyridine rings is 1. The van der Waals surface area contributed by atoms with Gasteiger partial charge in [-0.1, -0.05) is 39.8 Å². The molecule has 1 aliphatic rings. The van der Waals surface area contributed by atoms with E-state index in [4.69, 9.17) is 9.26 Å². The third-order valence-electron chi connectivity index (χ3n) is 6.64. The van der Waals surface area contributed by atoms with E-state index in [2.05, 4.69) is 45.3 Å². The number of carbonyl (C=O) groups is 2. The molecule has 3 amide bonds. The highest BCUT2D eigenvalue weighted by molar-refractivity contribution is 6.03. The van der Waals surface area contributed by atoms with Gasteiger partial charge in [0, 0.05) is 28.3 Å². The van der Waals surface area contributed by atoms with Crippen LogP contribution in [0.2, 0.25) is 0 Å². The lowest BCUT2D eigenvalue weighted by Crippen LogP contribution is -2.32. The number of nitrogens with one attached hydrogen (secondary N) is 4. The molecule has 1 fully saturated rings. The summed E-state index contributed by atoms with van der Waals surface area (Å²) < 4.78 is 11.2. The monoisotopic (exact) mass is 520 g/mol. The minimum Gasteiger partial charge on any atom is -0.491 e. The number of urea groups is 1. The molecule has 202 valence electrons. The van der Waals surface area contributed by atoms with E-state index in [0.717, 1.165) is 19.5 Å². The maximum atomic E-state index is 12.6. The van der Waals surface area contributed by atoms with Crippen LogP contribution in [0.1, 0.15) is 57.3 Å². The topological polar surface area (TPSA) is 130 Å². The SMILES string of the molecule is CC(C)(C)c1cc(NC(=O)Nc2ccc(NC(=O)c3ccc(OCC(C)(C)[C@H]4CCNC4)cn3)cc2)no1. The maximum Gasteiger partial charge on any atom is 0.324 e. The van der Waals surface area contributed by atoms with E-state index in [1.165, 1.54) is 0 Å². The molecule has 10 heteroatoms. The van der Waals surface area contributed by atoms with Gasteiger partial charge in [-0.3, -0.25) is 10.1 Å². The smallest absolute Gasteiger partial charge is 0.324 e. The Morgan fingerprint density at radius 1 is 1.03 bits per heavy atom. The van der Waals surface area contributed by atoms with Crippen LogP contribution in [0.15, 0.2) is 53.2 Å².